The molecule has 0 bridgehead atoms. The van der Waals surface area contributed by atoms with Crippen LogP contribution in [0.2, 0.25) is 0 Å². The molecule has 2 amide bonds. The Hall–Kier alpha value is -1.06. The van der Waals surface area contributed by atoms with E-state index in [1.807, 2.05) is 0 Å². The highest BCUT2D eigenvalue weighted by Gasteiger charge is 2.04. The first-order valence-corrected chi connectivity index (χ1v) is 8.74. The molecule has 4 heteroatoms. The van der Waals surface area contributed by atoms with Gasteiger partial charge in [0.2, 0.25) is 11.8 Å². The summed E-state index contributed by atoms with van der Waals surface area (Å²) in [5, 5.41) is 5.52. The molecule has 0 heterocycles. The third kappa shape index (κ3) is 15.2. The molecule has 0 radical (unpaired) electrons. The van der Waals surface area contributed by atoms with E-state index >= 15 is 0 Å². The number of carbonyl (C=O) groups is 2. The summed E-state index contributed by atoms with van der Waals surface area (Å²) in [6.07, 6.45) is 12.2. The molecule has 2 N–H and O–H groups in total. The zero-order valence-electron chi connectivity index (χ0n) is 14.0. The van der Waals surface area contributed by atoms with E-state index in [-0.39, 0.29) is 18.4 Å². The van der Waals surface area contributed by atoms with Crippen molar-refractivity contribution in [1.82, 2.24) is 10.6 Å². The summed E-state index contributed by atoms with van der Waals surface area (Å²) in [5.74, 6) is -0.0885. The Bertz CT molecular complexity index is 268. The Balaban J connectivity index is 3.36. The van der Waals surface area contributed by atoms with Crippen molar-refractivity contribution in [3.05, 3.63) is 0 Å². The van der Waals surface area contributed by atoms with Gasteiger partial charge in [0.05, 0.1) is 6.54 Å². The maximum atomic E-state index is 11.6. The largest absolute Gasteiger partial charge is 0.355 e. The van der Waals surface area contributed by atoms with E-state index in [1.165, 1.54) is 38.5 Å². The maximum Gasteiger partial charge on any atom is 0.239 e. The van der Waals surface area contributed by atoms with Crippen LogP contribution in [0, 0.1) is 0 Å². The number of amides is 2. The van der Waals surface area contributed by atoms with Gasteiger partial charge >= 0.3 is 0 Å². The fraction of sp³-hybridized carbons (Fsp3) is 0.882. The van der Waals surface area contributed by atoms with Gasteiger partial charge in [-0.15, -0.1) is 0 Å². The average Bonchev–Trinajstić information content (AvgIpc) is 2.48. The van der Waals surface area contributed by atoms with Crippen LogP contribution in [0.5, 0.6) is 0 Å². The lowest BCUT2D eigenvalue weighted by atomic mass is 10.1. The SMILES string of the molecule is CCCCCCCCC(=O)NCC(=O)NCCCCCC. The van der Waals surface area contributed by atoms with E-state index in [9.17, 15) is 9.59 Å². The normalized spacial score (nSPS) is 10.4. The van der Waals surface area contributed by atoms with Gasteiger partial charge < -0.3 is 10.6 Å². The van der Waals surface area contributed by atoms with Crippen LogP contribution in [0.15, 0.2) is 0 Å². The highest BCUT2D eigenvalue weighted by molar-refractivity contribution is 5.84. The van der Waals surface area contributed by atoms with E-state index < -0.39 is 0 Å². The van der Waals surface area contributed by atoms with Crippen LogP contribution < -0.4 is 10.6 Å². The molecule has 0 aliphatic carbocycles. The molecule has 0 aliphatic heterocycles. The molecule has 21 heavy (non-hydrogen) atoms. The zero-order valence-corrected chi connectivity index (χ0v) is 14.0. The van der Waals surface area contributed by atoms with Crippen LogP contribution in [0.1, 0.15) is 84.5 Å². The summed E-state index contributed by atoms with van der Waals surface area (Å²) >= 11 is 0. The molecule has 0 aromatic carbocycles. The average molecular weight is 298 g/mol. The predicted octanol–water partition coefficient (Wildman–Crippen LogP) is 3.55. The van der Waals surface area contributed by atoms with E-state index in [0.717, 1.165) is 25.7 Å². The zero-order chi connectivity index (χ0) is 15.8. The first kappa shape index (κ1) is 19.9. The van der Waals surface area contributed by atoms with Crippen LogP contribution in [0.4, 0.5) is 0 Å². The van der Waals surface area contributed by atoms with Crippen molar-refractivity contribution in [1.29, 1.82) is 0 Å². The van der Waals surface area contributed by atoms with Gasteiger partial charge in [0.15, 0.2) is 0 Å². The van der Waals surface area contributed by atoms with Gasteiger partial charge in [0.25, 0.3) is 0 Å². The van der Waals surface area contributed by atoms with Crippen LogP contribution in [0.3, 0.4) is 0 Å². The second-order valence-corrected chi connectivity index (χ2v) is 5.71. The number of carbonyl (C=O) groups excluding carboxylic acids is 2. The van der Waals surface area contributed by atoms with Gasteiger partial charge in [-0.05, 0) is 12.8 Å². The Morgan fingerprint density at radius 3 is 1.90 bits per heavy atom. The summed E-state index contributed by atoms with van der Waals surface area (Å²) in [6, 6.07) is 0. The molecule has 0 aromatic heterocycles. The summed E-state index contributed by atoms with van der Waals surface area (Å²) in [6.45, 7) is 5.19. The summed E-state index contributed by atoms with van der Waals surface area (Å²) in [5.41, 5.74) is 0. The Kier molecular flexibility index (Phi) is 14.6. The number of hydrogen-bond donors (Lipinski definition) is 2. The smallest absolute Gasteiger partial charge is 0.239 e. The van der Waals surface area contributed by atoms with Gasteiger partial charge in [-0.25, -0.2) is 0 Å². The minimum absolute atomic E-state index is 0.00776. The Labute approximate surface area is 130 Å². The first-order valence-electron chi connectivity index (χ1n) is 8.74. The minimum Gasteiger partial charge on any atom is -0.355 e. The lowest BCUT2D eigenvalue weighted by Gasteiger charge is -2.07. The molecule has 0 fully saturated rings. The minimum atomic E-state index is -0.0807. The molecule has 0 aliphatic rings. The number of unbranched alkanes of at least 4 members (excludes halogenated alkanes) is 8. The van der Waals surface area contributed by atoms with Crippen molar-refractivity contribution < 1.29 is 9.59 Å². The molecule has 124 valence electrons. The lowest BCUT2D eigenvalue weighted by molar-refractivity contribution is -0.126. The van der Waals surface area contributed by atoms with Crippen LogP contribution in [-0.2, 0) is 9.59 Å². The van der Waals surface area contributed by atoms with Crippen molar-refractivity contribution >= 4 is 11.8 Å². The van der Waals surface area contributed by atoms with Crippen LogP contribution in [0.25, 0.3) is 0 Å². The summed E-state index contributed by atoms with van der Waals surface area (Å²) < 4.78 is 0. The molecule has 4 nitrogen and oxygen atoms in total. The number of hydrogen-bond acceptors (Lipinski definition) is 2. The van der Waals surface area contributed by atoms with Crippen molar-refractivity contribution in [3.63, 3.8) is 0 Å². The number of rotatable bonds is 14. The highest BCUT2D eigenvalue weighted by Crippen LogP contribution is 2.06. The van der Waals surface area contributed by atoms with E-state index in [4.69, 9.17) is 0 Å². The van der Waals surface area contributed by atoms with Crippen LogP contribution in [-0.4, -0.2) is 24.9 Å². The van der Waals surface area contributed by atoms with Crippen molar-refractivity contribution in [2.45, 2.75) is 84.5 Å². The fourth-order valence-corrected chi connectivity index (χ4v) is 2.18. The summed E-state index contributed by atoms with van der Waals surface area (Å²) in [7, 11) is 0. The summed E-state index contributed by atoms with van der Waals surface area (Å²) in [4.78, 5) is 23.1. The Morgan fingerprint density at radius 2 is 1.24 bits per heavy atom. The van der Waals surface area contributed by atoms with E-state index in [1.54, 1.807) is 0 Å². The second kappa shape index (κ2) is 15.3. The van der Waals surface area contributed by atoms with E-state index in [0.29, 0.717) is 13.0 Å². The molecule has 0 aromatic rings. The van der Waals surface area contributed by atoms with Crippen LogP contribution >= 0.6 is 0 Å². The predicted molar refractivity (Wildman–Crippen MR) is 88.2 cm³/mol. The number of nitrogens with one attached hydrogen (secondary N) is 2. The molecule has 0 spiro atoms. The Morgan fingerprint density at radius 1 is 0.667 bits per heavy atom. The van der Waals surface area contributed by atoms with Gasteiger partial charge in [-0.1, -0.05) is 65.2 Å². The standard InChI is InChI=1S/C17H34N2O2/c1-3-5-7-9-10-11-13-16(20)19-15-17(21)18-14-12-8-6-4-2/h3-15H2,1-2H3,(H,18,21)(H,19,20). The second-order valence-electron chi connectivity index (χ2n) is 5.71. The lowest BCUT2D eigenvalue weighted by Crippen LogP contribution is -2.37. The van der Waals surface area contributed by atoms with Crippen molar-refractivity contribution in [3.8, 4) is 0 Å². The molecule has 0 atom stereocenters. The van der Waals surface area contributed by atoms with E-state index in [2.05, 4.69) is 24.5 Å². The topological polar surface area (TPSA) is 58.2 Å². The first-order chi connectivity index (χ1) is 10.2. The van der Waals surface area contributed by atoms with Crippen molar-refractivity contribution in [2.75, 3.05) is 13.1 Å². The van der Waals surface area contributed by atoms with Gasteiger partial charge in [0, 0.05) is 13.0 Å². The molecule has 0 unspecified atom stereocenters. The molecular formula is C17H34N2O2. The van der Waals surface area contributed by atoms with Gasteiger partial charge in [-0.3, -0.25) is 9.59 Å². The highest BCUT2D eigenvalue weighted by atomic mass is 16.2. The van der Waals surface area contributed by atoms with Gasteiger partial charge in [-0.2, -0.15) is 0 Å². The fourth-order valence-electron chi connectivity index (χ4n) is 2.18. The third-order valence-electron chi connectivity index (χ3n) is 3.56. The molecular weight excluding hydrogens is 264 g/mol. The maximum absolute atomic E-state index is 11.6. The molecule has 0 rings (SSSR count). The van der Waals surface area contributed by atoms with Gasteiger partial charge in [0.1, 0.15) is 0 Å². The van der Waals surface area contributed by atoms with Crippen molar-refractivity contribution in [2.24, 2.45) is 0 Å². The third-order valence-corrected chi connectivity index (χ3v) is 3.56. The quantitative estimate of drug-likeness (QED) is 0.482. The molecule has 0 saturated heterocycles. The molecule has 0 saturated carbocycles. The monoisotopic (exact) mass is 298 g/mol.